The lowest BCUT2D eigenvalue weighted by Gasteiger charge is -2.12. The zero-order valence-electron chi connectivity index (χ0n) is 14.2. The number of pyridine rings is 1. The van der Waals surface area contributed by atoms with Crippen LogP contribution in [0.25, 0.3) is 0 Å². The van der Waals surface area contributed by atoms with Crippen LogP contribution in [0.1, 0.15) is 23.7 Å². The summed E-state index contributed by atoms with van der Waals surface area (Å²) >= 11 is 0. The molecule has 0 radical (unpaired) electrons. The number of amides is 1. The second kappa shape index (κ2) is 8.27. The van der Waals surface area contributed by atoms with Gasteiger partial charge in [-0.15, -0.1) is 0 Å². The van der Waals surface area contributed by atoms with E-state index in [1.807, 2.05) is 36.4 Å². The largest absolute Gasteiger partial charge is 0.388 e. The molecular formula is C21H20N2O3. The molecule has 3 rings (SSSR count). The predicted octanol–water partition coefficient (Wildman–Crippen LogP) is 2.96. The van der Waals surface area contributed by atoms with E-state index in [9.17, 15) is 14.7 Å². The lowest BCUT2D eigenvalue weighted by Crippen LogP contribution is -2.26. The summed E-state index contributed by atoms with van der Waals surface area (Å²) in [6.07, 6.45) is 0.660. The summed E-state index contributed by atoms with van der Waals surface area (Å²) in [6.45, 7) is 0.427. The fourth-order valence-electron chi connectivity index (χ4n) is 2.71. The molecule has 1 unspecified atom stereocenters. The molecule has 0 spiro atoms. The minimum Gasteiger partial charge on any atom is -0.388 e. The SMILES string of the molecule is O=C(CC(O)c1ccccc1)Nc1cccn(Cc2ccccc2)c1=O. The quantitative estimate of drug-likeness (QED) is 0.719. The van der Waals surface area contributed by atoms with Crippen molar-refractivity contribution in [2.75, 3.05) is 5.32 Å². The van der Waals surface area contributed by atoms with Gasteiger partial charge >= 0.3 is 0 Å². The number of anilines is 1. The molecule has 1 heterocycles. The summed E-state index contributed by atoms with van der Waals surface area (Å²) in [5.74, 6) is -0.407. The van der Waals surface area contributed by atoms with Crippen LogP contribution in [0.15, 0.2) is 83.8 Å². The Bertz CT molecular complexity index is 921. The summed E-state index contributed by atoms with van der Waals surface area (Å²) in [5, 5.41) is 12.7. The molecule has 26 heavy (non-hydrogen) atoms. The van der Waals surface area contributed by atoms with Crippen LogP contribution >= 0.6 is 0 Å². The van der Waals surface area contributed by atoms with Crippen LogP contribution in [0.4, 0.5) is 5.69 Å². The number of nitrogens with zero attached hydrogens (tertiary/aromatic N) is 1. The number of carbonyl (C=O) groups is 1. The predicted molar refractivity (Wildman–Crippen MR) is 101 cm³/mol. The fourth-order valence-corrected chi connectivity index (χ4v) is 2.71. The highest BCUT2D eigenvalue weighted by molar-refractivity contribution is 5.90. The van der Waals surface area contributed by atoms with Crippen molar-refractivity contribution < 1.29 is 9.90 Å². The Kier molecular flexibility index (Phi) is 5.61. The second-order valence-electron chi connectivity index (χ2n) is 6.02. The van der Waals surface area contributed by atoms with Gasteiger partial charge in [-0.1, -0.05) is 60.7 Å². The van der Waals surface area contributed by atoms with Crippen molar-refractivity contribution in [3.63, 3.8) is 0 Å². The Morgan fingerprint density at radius 2 is 1.62 bits per heavy atom. The average molecular weight is 348 g/mol. The van der Waals surface area contributed by atoms with Crippen LogP contribution in [0.5, 0.6) is 0 Å². The van der Waals surface area contributed by atoms with Crippen LogP contribution in [0.3, 0.4) is 0 Å². The Hall–Kier alpha value is -3.18. The van der Waals surface area contributed by atoms with Crippen molar-refractivity contribution in [3.8, 4) is 0 Å². The molecule has 0 bridgehead atoms. The van der Waals surface area contributed by atoms with Gasteiger partial charge in [-0.25, -0.2) is 0 Å². The van der Waals surface area contributed by atoms with Crippen molar-refractivity contribution in [1.82, 2.24) is 4.57 Å². The minimum atomic E-state index is -0.911. The smallest absolute Gasteiger partial charge is 0.274 e. The monoisotopic (exact) mass is 348 g/mol. The third-order valence-electron chi connectivity index (χ3n) is 4.05. The lowest BCUT2D eigenvalue weighted by molar-refractivity contribution is -0.118. The van der Waals surface area contributed by atoms with Crippen LogP contribution < -0.4 is 10.9 Å². The number of rotatable bonds is 6. The van der Waals surface area contributed by atoms with Crippen molar-refractivity contribution >= 4 is 11.6 Å². The first-order chi connectivity index (χ1) is 12.6. The number of aliphatic hydroxyl groups excluding tert-OH is 1. The molecule has 132 valence electrons. The minimum absolute atomic E-state index is 0.114. The molecule has 0 aliphatic carbocycles. The normalized spacial score (nSPS) is 11.7. The summed E-state index contributed by atoms with van der Waals surface area (Å²) in [7, 11) is 0. The maximum Gasteiger partial charge on any atom is 0.274 e. The first-order valence-corrected chi connectivity index (χ1v) is 8.40. The number of carbonyl (C=O) groups excluding carboxylic acids is 1. The van der Waals surface area contributed by atoms with E-state index in [2.05, 4.69) is 5.32 Å². The Balaban J connectivity index is 1.69. The third-order valence-corrected chi connectivity index (χ3v) is 4.05. The molecule has 5 heteroatoms. The van der Waals surface area contributed by atoms with Gasteiger partial charge in [0, 0.05) is 6.20 Å². The van der Waals surface area contributed by atoms with Gasteiger partial charge in [0.15, 0.2) is 0 Å². The molecule has 5 nitrogen and oxygen atoms in total. The lowest BCUT2D eigenvalue weighted by atomic mass is 10.1. The maximum absolute atomic E-state index is 12.6. The molecule has 0 aliphatic rings. The highest BCUT2D eigenvalue weighted by atomic mass is 16.3. The van der Waals surface area contributed by atoms with E-state index in [1.165, 1.54) is 0 Å². The van der Waals surface area contributed by atoms with Crippen LogP contribution in [0.2, 0.25) is 0 Å². The van der Waals surface area contributed by atoms with Crippen molar-refractivity contribution in [3.05, 3.63) is 100 Å². The molecule has 1 amide bonds. The number of aromatic nitrogens is 1. The van der Waals surface area contributed by atoms with Gasteiger partial charge < -0.3 is 15.0 Å². The van der Waals surface area contributed by atoms with Crippen molar-refractivity contribution in [1.29, 1.82) is 0 Å². The van der Waals surface area contributed by atoms with Gasteiger partial charge in [0.25, 0.3) is 5.56 Å². The summed E-state index contributed by atoms with van der Waals surface area (Å²) in [6, 6.07) is 21.9. The van der Waals surface area contributed by atoms with Gasteiger partial charge in [0.1, 0.15) is 5.69 Å². The van der Waals surface area contributed by atoms with Crippen LogP contribution in [0, 0.1) is 0 Å². The van der Waals surface area contributed by atoms with Gasteiger partial charge in [-0.3, -0.25) is 9.59 Å². The number of aliphatic hydroxyl groups is 1. The van der Waals surface area contributed by atoms with Gasteiger partial charge in [0.2, 0.25) is 5.91 Å². The van der Waals surface area contributed by atoms with E-state index in [0.717, 1.165) is 5.56 Å². The maximum atomic E-state index is 12.6. The van der Waals surface area contributed by atoms with Crippen molar-refractivity contribution in [2.45, 2.75) is 19.1 Å². The third kappa shape index (κ3) is 4.46. The molecule has 1 atom stereocenters. The van der Waals surface area contributed by atoms with Gasteiger partial charge in [0.05, 0.1) is 19.1 Å². The Labute approximate surface area is 151 Å². The molecule has 0 fully saturated rings. The first kappa shape index (κ1) is 17.6. The molecule has 1 aromatic heterocycles. The summed E-state index contributed by atoms with van der Waals surface area (Å²) in [4.78, 5) is 24.7. The number of nitrogens with one attached hydrogen (secondary N) is 1. The van der Waals surface area contributed by atoms with Gasteiger partial charge in [-0.2, -0.15) is 0 Å². The summed E-state index contributed by atoms with van der Waals surface area (Å²) < 4.78 is 1.54. The second-order valence-corrected chi connectivity index (χ2v) is 6.02. The molecule has 0 aliphatic heterocycles. The molecule has 2 N–H and O–H groups in total. The summed E-state index contributed by atoms with van der Waals surface area (Å²) in [5.41, 5.74) is 1.59. The van der Waals surface area contributed by atoms with Crippen molar-refractivity contribution in [2.24, 2.45) is 0 Å². The Morgan fingerprint density at radius 3 is 2.31 bits per heavy atom. The zero-order valence-corrected chi connectivity index (χ0v) is 14.2. The average Bonchev–Trinajstić information content (AvgIpc) is 2.66. The first-order valence-electron chi connectivity index (χ1n) is 8.40. The molecule has 3 aromatic rings. The number of hydrogen-bond donors (Lipinski definition) is 2. The standard InChI is InChI=1S/C21H20N2O3/c24-19(17-10-5-2-6-11-17)14-20(25)22-18-12-7-13-23(21(18)26)15-16-8-3-1-4-9-16/h1-13,19,24H,14-15H2,(H,22,25). The van der Waals surface area contributed by atoms with Crippen LogP contribution in [-0.4, -0.2) is 15.6 Å². The van der Waals surface area contributed by atoms with E-state index < -0.39 is 12.0 Å². The Morgan fingerprint density at radius 1 is 0.962 bits per heavy atom. The highest BCUT2D eigenvalue weighted by Crippen LogP contribution is 2.16. The van der Waals surface area contributed by atoms with E-state index >= 15 is 0 Å². The highest BCUT2D eigenvalue weighted by Gasteiger charge is 2.14. The van der Waals surface area contributed by atoms with Crippen LogP contribution in [-0.2, 0) is 11.3 Å². The fraction of sp³-hybridized carbons (Fsp3) is 0.143. The number of hydrogen-bond acceptors (Lipinski definition) is 3. The molecular weight excluding hydrogens is 328 g/mol. The number of benzene rings is 2. The molecule has 0 saturated carbocycles. The van der Waals surface area contributed by atoms with E-state index in [1.54, 1.807) is 47.2 Å². The van der Waals surface area contributed by atoms with E-state index in [0.29, 0.717) is 12.1 Å². The van der Waals surface area contributed by atoms with E-state index in [4.69, 9.17) is 0 Å². The van der Waals surface area contributed by atoms with Gasteiger partial charge in [-0.05, 0) is 23.3 Å². The molecule has 0 saturated heterocycles. The zero-order chi connectivity index (χ0) is 18.4. The molecule has 2 aromatic carbocycles. The topological polar surface area (TPSA) is 71.3 Å². The van der Waals surface area contributed by atoms with E-state index in [-0.39, 0.29) is 17.7 Å².